The highest BCUT2D eigenvalue weighted by atomic mass is 16.5. The number of nitrogens with one attached hydrogen (secondary N) is 1. The van der Waals surface area contributed by atoms with Gasteiger partial charge in [0.2, 0.25) is 5.91 Å². The number of carbonyl (C=O) groups excluding carboxylic acids is 1. The Hall–Kier alpha value is -0.650. The Kier molecular flexibility index (Phi) is 5.18. The summed E-state index contributed by atoms with van der Waals surface area (Å²) >= 11 is 0. The van der Waals surface area contributed by atoms with Crippen molar-refractivity contribution < 1.29 is 14.3 Å². The minimum Gasteiger partial charge on any atom is -0.381 e. The maximum atomic E-state index is 11.2. The standard InChI is InChI=1S/C11H22N2O3/c1-11(13-2,10(12)14)4-6-16-8-9-3-5-15-7-9/h9,13H,3-8H2,1-2H3,(H2,12,14). The predicted octanol–water partition coefficient (Wildman–Crippen LogP) is -0.107. The van der Waals surface area contributed by atoms with Gasteiger partial charge in [0.05, 0.1) is 18.8 Å². The van der Waals surface area contributed by atoms with E-state index in [9.17, 15) is 4.79 Å². The number of likely N-dealkylation sites (N-methyl/N-ethyl adjacent to an activating group) is 1. The Morgan fingerprint density at radius 1 is 1.69 bits per heavy atom. The second kappa shape index (κ2) is 6.18. The molecular formula is C11H22N2O3. The molecule has 5 heteroatoms. The minimum atomic E-state index is -0.674. The first kappa shape index (κ1) is 13.4. The van der Waals surface area contributed by atoms with Crippen molar-refractivity contribution in [2.45, 2.75) is 25.3 Å². The summed E-state index contributed by atoms with van der Waals surface area (Å²) in [5.41, 5.74) is 4.63. The van der Waals surface area contributed by atoms with Crippen molar-refractivity contribution in [3.8, 4) is 0 Å². The Balaban J connectivity index is 2.15. The van der Waals surface area contributed by atoms with Gasteiger partial charge in [0, 0.05) is 19.1 Å². The first-order valence-electron chi connectivity index (χ1n) is 5.73. The molecule has 2 atom stereocenters. The number of carbonyl (C=O) groups is 1. The molecule has 16 heavy (non-hydrogen) atoms. The van der Waals surface area contributed by atoms with Crippen LogP contribution in [0.25, 0.3) is 0 Å². The van der Waals surface area contributed by atoms with Gasteiger partial charge in [0.25, 0.3) is 0 Å². The number of nitrogens with two attached hydrogens (primary N) is 1. The van der Waals surface area contributed by atoms with E-state index in [1.807, 2.05) is 0 Å². The van der Waals surface area contributed by atoms with Gasteiger partial charge in [-0.15, -0.1) is 0 Å². The number of rotatable bonds is 7. The van der Waals surface area contributed by atoms with Crippen molar-refractivity contribution in [1.29, 1.82) is 0 Å². The molecule has 1 aliphatic rings. The molecule has 1 saturated heterocycles. The summed E-state index contributed by atoms with van der Waals surface area (Å²) in [6.07, 6.45) is 1.66. The number of hydrogen-bond acceptors (Lipinski definition) is 4. The maximum absolute atomic E-state index is 11.2. The molecule has 1 aliphatic heterocycles. The largest absolute Gasteiger partial charge is 0.381 e. The van der Waals surface area contributed by atoms with Crippen molar-refractivity contribution in [2.24, 2.45) is 11.7 Å². The number of hydrogen-bond donors (Lipinski definition) is 2. The van der Waals surface area contributed by atoms with Crippen molar-refractivity contribution >= 4 is 5.91 Å². The highest BCUT2D eigenvalue weighted by Gasteiger charge is 2.28. The predicted molar refractivity (Wildman–Crippen MR) is 61.0 cm³/mol. The van der Waals surface area contributed by atoms with Crippen LogP contribution in [0.2, 0.25) is 0 Å². The zero-order valence-electron chi connectivity index (χ0n) is 10.1. The Labute approximate surface area is 96.7 Å². The quantitative estimate of drug-likeness (QED) is 0.599. The van der Waals surface area contributed by atoms with Crippen molar-refractivity contribution in [3.63, 3.8) is 0 Å². The second-order valence-electron chi connectivity index (χ2n) is 4.50. The number of primary amides is 1. The van der Waals surface area contributed by atoms with Crippen LogP contribution in [0.3, 0.4) is 0 Å². The summed E-state index contributed by atoms with van der Waals surface area (Å²) in [6.45, 7) is 4.66. The van der Waals surface area contributed by atoms with E-state index < -0.39 is 5.54 Å². The highest BCUT2D eigenvalue weighted by molar-refractivity contribution is 5.84. The molecule has 1 amide bonds. The van der Waals surface area contributed by atoms with Gasteiger partial charge in [0.15, 0.2) is 0 Å². The van der Waals surface area contributed by atoms with E-state index >= 15 is 0 Å². The van der Waals surface area contributed by atoms with Gasteiger partial charge in [-0.25, -0.2) is 0 Å². The lowest BCUT2D eigenvalue weighted by molar-refractivity contribution is -0.124. The summed E-state index contributed by atoms with van der Waals surface area (Å²) in [6, 6.07) is 0. The molecule has 0 aromatic heterocycles. The topological polar surface area (TPSA) is 73.6 Å². The summed E-state index contributed by atoms with van der Waals surface area (Å²) in [5.74, 6) is 0.164. The van der Waals surface area contributed by atoms with Crippen LogP contribution in [0.4, 0.5) is 0 Å². The number of ether oxygens (including phenoxy) is 2. The molecule has 0 saturated carbocycles. The summed E-state index contributed by atoms with van der Waals surface area (Å²) in [7, 11) is 1.73. The average molecular weight is 230 g/mol. The lowest BCUT2D eigenvalue weighted by Crippen LogP contribution is -2.52. The smallest absolute Gasteiger partial charge is 0.237 e. The molecule has 2 unspecified atom stereocenters. The Morgan fingerprint density at radius 3 is 2.94 bits per heavy atom. The molecule has 0 aliphatic carbocycles. The summed E-state index contributed by atoms with van der Waals surface area (Å²) in [4.78, 5) is 11.2. The zero-order chi connectivity index (χ0) is 12.0. The normalized spacial score (nSPS) is 24.2. The van der Waals surface area contributed by atoms with Crippen LogP contribution >= 0.6 is 0 Å². The third kappa shape index (κ3) is 3.73. The molecule has 1 rings (SSSR count). The van der Waals surface area contributed by atoms with E-state index in [0.29, 0.717) is 25.6 Å². The first-order chi connectivity index (χ1) is 7.58. The number of amides is 1. The molecule has 0 spiro atoms. The van der Waals surface area contributed by atoms with Crippen LogP contribution in [0.15, 0.2) is 0 Å². The van der Waals surface area contributed by atoms with Gasteiger partial charge in [-0.3, -0.25) is 4.79 Å². The van der Waals surface area contributed by atoms with E-state index in [2.05, 4.69) is 5.32 Å². The molecule has 94 valence electrons. The fourth-order valence-corrected chi connectivity index (χ4v) is 1.61. The van der Waals surface area contributed by atoms with E-state index in [1.165, 1.54) is 0 Å². The third-order valence-electron chi connectivity index (χ3n) is 3.22. The van der Waals surface area contributed by atoms with Crippen LogP contribution < -0.4 is 11.1 Å². The van der Waals surface area contributed by atoms with Crippen LogP contribution in [-0.2, 0) is 14.3 Å². The Bertz CT molecular complexity index is 229. The van der Waals surface area contributed by atoms with Gasteiger partial charge < -0.3 is 20.5 Å². The van der Waals surface area contributed by atoms with E-state index in [4.69, 9.17) is 15.2 Å². The summed E-state index contributed by atoms with van der Waals surface area (Å²) < 4.78 is 10.8. The highest BCUT2D eigenvalue weighted by Crippen LogP contribution is 2.13. The molecular weight excluding hydrogens is 208 g/mol. The second-order valence-corrected chi connectivity index (χ2v) is 4.50. The van der Waals surface area contributed by atoms with E-state index in [0.717, 1.165) is 19.6 Å². The monoisotopic (exact) mass is 230 g/mol. The van der Waals surface area contributed by atoms with Crippen LogP contribution in [0.5, 0.6) is 0 Å². The average Bonchev–Trinajstić information content (AvgIpc) is 2.76. The zero-order valence-corrected chi connectivity index (χ0v) is 10.1. The maximum Gasteiger partial charge on any atom is 0.237 e. The van der Waals surface area contributed by atoms with Gasteiger partial charge in [-0.1, -0.05) is 0 Å². The van der Waals surface area contributed by atoms with Crippen LogP contribution in [0, 0.1) is 5.92 Å². The minimum absolute atomic E-state index is 0.345. The molecule has 0 radical (unpaired) electrons. The lowest BCUT2D eigenvalue weighted by Gasteiger charge is -2.25. The van der Waals surface area contributed by atoms with Gasteiger partial charge >= 0.3 is 0 Å². The SMILES string of the molecule is CNC(C)(CCOCC1CCOC1)C(N)=O. The van der Waals surface area contributed by atoms with Gasteiger partial charge in [-0.05, 0) is 26.8 Å². The lowest BCUT2D eigenvalue weighted by atomic mass is 9.98. The molecule has 0 bridgehead atoms. The fourth-order valence-electron chi connectivity index (χ4n) is 1.61. The fraction of sp³-hybridized carbons (Fsp3) is 0.909. The van der Waals surface area contributed by atoms with Crippen molar-refractivity contribution in [1.82, 2.24) is 5.32 Å². The van der Waals surface area contributed by atoms with Crippen LogP contribution in [-0.4, -0.2) is 44.9 Å². The van der Waals surface area contributed by atoms with Crippen molar-refractivity contribution in [2.75, 3.05) is 33.5 Å². The molecule has 1 fully saturated rings. The van der Waals surface area contributed by atoms with E-state index in [1.54, 1.807) is 14.0 Å². The molecule has 1 heterocycles. The molecule has 0 aromatic rings. The van der Waals surface area contributed by atoms with Crippen molar-refractivity contribution in [3.05, 3.63) is 0 Å². The third-order valence-corrected chi connectivity index (χ3v) is 3.22. The summed E-state index contributed by atoms with van der Waals surface area (Å²) in [5, 5.41) is 2.93. The molecule has 5 nitrogen and oxygen atoms in total. The van der Waals surface area contributed by atoms with Gasteiger partial charge in [0.1, 0.15) is 0 Å². The Morgan fingerprint density at radius 2 is 2.44 bits per heavy atom. The van der Waals surface area contributed by atoms with Gasteiger partial charge in [-0.2, -0.15) is 0 Å². The molecule has 3 N–H and O–H groups in total. The van der Waals surface area contributed by atoms with E-state index in [-0.39, 0.29) is 5.91 Å². The first-order valence-corrected chi connectivity index (χ1v) is 5.73. The van der Waals surface area contributed by atoms with Crippen LogP contribution in [0.1, 0.15) is 19.8 Å². The molecule has 0 aromatic carbocycles.